The van der Waals surface area contributed by atoms with Crippen molar-refractivity contribution in [3.63, 3.8) is 0 Å². The number of aliphatic hydroxyl groups is 1. The lowest BCUT2D eigenvalue weighted by molar-refractivity contribution is -0.144. The van der Waals surface area contributed by atoms with E-state index < -0.39 is 54.0 Å². The van der Waals surface area contributed by atoms with E-state index in [0.29, 0.717) is 50.2 Å². The van der Waals surface area contributed by atoms with Gasteiger partial charge in [0.1, 0.15) is 23.9 Å². The first-order valence-electron chi connectivity index (χ1n) is 16.0. The number of hydrogen-bond donors (Lipinski definition) is 4. The first-order chi connectivity index (χ1) is 22.3. The second-order valence-electron chi connectivity index (χ2n) is 13.0. The largest absolute Gasteiger partial charge is 0.484 e. The highest BCUT2D eigenvalue weighted by atomic mass is 16.5. The van der Waals surface area contributed by atoms with Crippen LogP contribution in [0.1, 0.15) is 56.5 Å². The van der Waals surface area contributed by atoms with Crippen molar-refractivity contribution in [1.82, 2.24) is 30.7 Å². The van der Waals surface area contributed by atoms with Crippen LogP contribution in [-0.2, 0) is 25.6 Å². The Labute approximate surface area is 275 Å². The molecular formula is C34H46N6O7. The predicted molar refractivity (Wildman–Crippen MR) is 173 cm³/mol. The van der Waals surface area contributed by atoms with Crippen LogP contribution in [-0.4, -0.2) is 107 Å². The van der Waals surface area contributed by atoms with Crippen molar-refractivity contribution in [3.05, 3.63) is 59.9 Å². The maximum Gasteiger partial charge on any atom is 0.258 e. The molecule has 254 valence electrons. The topological polar surface area (TPSA) is 170 Å². The molecular weight excluding hydrogens is 604 g/mol. The van der Waals surface area contributed by atoms with E-state index in [-0.39, 0.29) is 17.7 Å². The highest BCUT2D eigenvalue weighted by Crippen LogP contribution is 2.36. The van der Waals surface area contributed by atoms with E-state index in [1.165, 1.54) is 20.9 Å². The van der Waals surface area contributed by atoms with Gasteiger partial charge in [-0.3, -0.25) is 29.0 Å². The molecule has 13 heteroatoms. The molecule has 0 aliphatic carbocycles. The number of ether oxygens (including phenoxy) is 1. The summed E-state index contributed by atoms with van der Waals surface area (Å²) in [5.41, 5.74) is 1.07. The number of aromatic nitrogens is 1. The summed E-state index contributed by atoms with van der Waals surface area (Å²) in [5, 5.41) is 18.7. The van der Waals surface area contributed by atoms with Crippen molar-refractivity contribution >= 4 is 29.5 Å². The summed E-state index contributed by atoms with van der Waals surface area (Å²) in [5.74, 6) is -2.09. The van der Waals surface area contributed by atoms with Gasteiger partial charge in [-0.05, 0) is 74.3 Å². The number of rotatable bonds is 3. The number of carbonyl (C=O) groups is 5. The summed E-state index contributed by atoms with van der Waals surface area (Å²) < 4.78 is 5.77. The minimum Gasteiger partial charge on any atom is -0.484 e. The molecule has 2 bridgehead atoms. The number of fused-ring (bicyclic) bond motifs is 2. The molecule has 3 heterocycles. The molecule has 4 atom stereocenters. The normalized spacial score (nSPS) is 23.9. The number of amides is 5. The molecule has 2 aromatic rings. The van der Waals surface area contributed by atoms with E-state index in [4.69, 9.17) is 4.74 Å². The summed E-state index contributed by atoms with van der Waals surface area (Å²) >= 11 is 0. The molecule has 0 saturated carbocycles. The van der Waals surface area contributed by atoms with Gasteiger partial charge in [-0.2, -0.15) is 0 Å². The van der Waals surface area contributed by atoms with E-state index >= 15 is 0 Å². The summed E-state index contributed by atoms with van der Waals surface area (Å²) in [6.45, 7) is 7.41. The standard InChI is InChI=1S/C34H46N6O7/c1-21(2)28-31(44)36-20-34(11-15-40(16-12-34)32(45)25-9-13-35-14-10-25)18-24-7-6-8-26(17-24)47-19-27(42)37-29(23(4)41)33(46)39(5)22(3)30(43)38-28/h6-10,13-14,17,21-23,28-29,41H,11-12,15-16,18-20H2,1-5H3,(H,36,44)(H,37,42)(H,38,43)/t22-,23+,28+,29-/m0/s1. The van der Waals surface area contributed by atoms with E-state index in [9.17, 15) is 29.1 Å². The Hall–Kier alpha value is -4.52. The number of pyridine rings is 1. The SMILES string of the molecule is CC(C)[C@H]1NC(=O)[C@H](C)N(C)C(=O)[C@H]([C@@H](C)O)NC(=O)COc2cccc(c2)CC2(CCN(C(=O)c3ccncc3)CC2)CNC1=O. The van der Waals surface area contributed by atoms with Crippen molar-refractivity contribution in [3.8, 4) is 5.75 Å². The molecule has 0 unspecified atom stereocenters. The van der Waals surface area contributed by atoms with Crippen LogP contribution < -0.4 is 20.7 Å². The van der Waals surface area contributed by atoms with Crippen LogP contribution in [0.3, 0.4) is 0 Å². The molecule has 0 radical (unpaired) electrons. The van der Waals surface area contributed by atoms with Crippen LogP contribution in [0.5, 0.6) is 5.75 Å². The average molecular weight is 651 g/mol. The lowest BCUT2D eigenvalue weighted by atomic mass is 9.73. The highest BCUT2D eigenvalue weighted by Gasteiger charge is 2.39. The first-order valence-corrected chi connectivity index (χ1v) is 16.0. The molecule has 1 spiro atoms. The van der Waals surface area contributed by atoms with Crippen molar-refractivity contribution in [2.75, 3.05) is 33.3 Å². The molecule has 5 amide bonds. The Kier molecular flexibility index (Phi) is 11.6. The second kappa shape index (κ2) is 15.4. The summed E-state index contributed by atoms with van der Waals surface area (Å²) in [6, 6.07) is 7.50. The second-order valence-corrected chi connectivity index (χ2v) is 13.0. The molecule has 2 aliphatic rings. The van der Waals surface area contributed by atoms with Gasteiger partial charge in [-0.1, -0.05) is 26.0 Å². The van der Waals surface area contributed by atoms with Crippen molar-refractivity contribution < 1.29 is 33.8 Å². The van der Waals surface area contributed by atoms with Gasteiger partial charge in [-0.15, -0.1) is 0 Å². The zero-order chi connectivity index (χ0) is 34.3. The van der Waals surface area contributed by atoms with Crippen molar-refractivity contribution in [1.29, 1.82) is 0 Å². The number of piperidine rings is 1. The average Bonchev–Trinajstić information content (AvgIpc) is 3.06. The van der Waals surface area contributed by atoms with Gasteiger partial charge in [0, 0.05) is 44.6 Å². The van der Waals surface area contributed by atoms with Gasteiger partial charge in [0.15, 0.2) is 6.61 Å². The Balaban J connectivity index is 1.63. The molecule has 47 heavy (non-hydrogen) atoms. The number of likely N-dealkylation sites (tertiary alicyclic amines) is 1. The predicted octanol–water partition coefficient (Wildman–Crippen LogP) is 0.909. The minimum absolute atomic E-state index is 0.0750. The van der Waals surface area contributed by atoms with Crippen LogP contribution in [0.25, 0.3) is 0 Å². The van der Waals surface area contributed by atoms with Gasteiger partial charge in [0.25, 0.3) is 11.8 Å². The number of aliphatic hydroxyl groups excluding tert-OH is 1. The van der Waals surface area contributed by atoms with Gasteiger partial charge < -0.3 is 35.6 Å². The van der Waals surface area contributed by atoms with E-state index in [1.54, 1.807) is 30.6 Å². The Morgan fingerprint density at radius 1 is 1.00 bits per heavy atom. The van der Waals surface area contributed by atoms with Crippen LogP contribution in [0.15, 0.2) is 48.8 Å². The van der Waals surface area contributed by atoms with Gasteiger partial charge >= 0.3 is 0 Å². The fourth-order valence-corrected chi connectivity index (χ4v) is 5.99. The number of likely N-dealkylation sites (N-methyl/N-ethyl adjacent to an activating group) is 1. The number of benzene rings is 1. The van der Waals surface area contributed by atoms with E-state index in [0.717, 1.165) is 10.5 Å². The maximum absolute atomic E-state index is 13.7. The number of carbonyl (C=O) groups excluding carboxylic acids is 5. The van der Waals surface area contributed by atoms with Crippen LogP contribution in [0.4, 0.5) is 0 Å². The van der Waals surface area contributed by atoms with Crippen molar-refractivity contribution in [2.45, 2.75) is 71.2 Å². The summed E-state index contributed by atoms with van der Waals surface area (Å²) in [6.07, 6.45) is 3.71. The zero-order valence-electron chi connectivity index (χ0n) is 27.7. The highest BCUT2D eigenvalue weighted by molar-refractivity contribution is 5.95. The third-order valence-corrected chi connectivity index (χ3v) is 9.14. The van der Waals surface area contributed by atoms with Crippen LogP contribution >= 0.6 is 0 Å². The molecule has 4 N–H and O–H groups in total. The Morgan fingerprint density at radius 2 is 1.68 bits per heavy atom. The fourth-order valence-electron chi connectivity index (χ4n) is 5.99. The van der Waals surface area contributed by atoms with Crippen LogP contribution in [0.2, 0.25) is 0 Å². The molecule has 1 aromatic carbocycles. The fraction of sp³-hybridized carbons (Fsp3) is 0.529. The lowest BCUT2D eigenvalue weighted by Gasteiger charge is -2.42. The third kappa shape index (κ3) is 8.85. The lowest BCUT2D eigenvalue weighted by Crippen LogP contribution is -2.59. The molecule has 2 aliphatic heterocycles. The molecule has 13 nitrogen and oxygen atoms in total. The molecule has 1 fully saturated rings. The van der Waals surface area contributed by atoms with Crippen molar-refractivity contribution in [2.24, 2.45) is 11.3 Å². The number of nitrogens with zero attached hydrogens (tertiary/aromatic N) is 3. The summed E-state index contributed by atoms with van der Waals surface area (Å²) in [7, 11) is 1.40. The van der Waals surface area contributed by atoms with Gasteiger partial charge in [0.2, 0.25) is 17.7 Å². The zero-order valence-corrected chi connectivity index (χ0v) is 27.7. The van der Waals surface area contributed by atoms with E-state index in [2.05, 4.69) is 20.9 Å². The summed E-state index contributed by atoms with van der Waals surface area (Å²) in [4.78, 5) is 73.2. The smallest absolute Gasteiger partial charge is 0.258 e. The number of nitrogens with one attached hydrogen (secondary N) is 3. The van der Waals surface area contributed by atoms with Crippen LogP contribution in [0, 0.1) is 11.3 Å². The third-order valence-electron chi connectivity index (χ3n) is 9.14. The molecule has 4 rings (SSSR count). The first kappa shape index (κ1) is 35.3. The van der Waals surface area contributed by atoms with E-state index in [1.807, 2.05) is 36.9 Å². The maximum atomic E-state index is 13.7. The Bertz CT molecular complexity index is 1440. The minimum atomic E-state index is -1.32. The van der Waals surface area contributed by atoms with Gasteiger partial charge in [-0.25, -0.2) is 0 Å². The van der Waals surface area contributed by atoms with Gasteiger partial charge in [0.05, 0.1) is 6.10 Å². The molecule has 1 aromatic heterocycles. The monoisotopic (exact) mass is 650 g/mol. The Morgan fingerprint density at radius 3 is 2.32 bits per heavy atom. The quantitative estimate of drug-likeness (QED) is 0.380. The number of hydrogen-bond acceptors (Lipinski definition) is 8. The molecule has 1 saturated heterocycles.